The number of fused-ring (bicyclic) bond motifs is 1. The van der Waals surface area contributed by atoms with Gasteiger partial charge in [-0.25, -0.2) is 0 Å². The van der Waals surface area contributed by atoms with Crippen molar-refractivity contribution in [3.05, 3.63) is 28.3 Å². The molecule has 0 spiro atoms. The van der Waals surface area contributed by atoms with Crippen molar-refractivity contribution in [2.45, 2.75) is 44.2 Å². The van der Waals surface area contributed by atoms with Crippen molar-refractivity contribution in [3.63, 3.8) is 0 Å². The van der Waals surface area contributed by atoms with Crippen LogP contribution in [0.1, 0.15) is 30.4 Å². The molecule has 1 fully saturated rings. The first-order valence-electron chi connectivity index (χ1n) is 7.09. The zero-order valence-electron chi connectivity index (χ0n) is 11.0. The monoisotopic (exact) mass is 281 g/mol. The molecule has 1 aromatic rings. The molecule has 2 atom stereocenters. The van der Waals surface area contributed by atoms with Gasteiger partial charge in [-0.1, -0.05) is 18.0 Å². The van der Waals surface area contributed by atoms with E-state index in [1.165, 1.54) is 18.4 Å². The van der Waals surface area contributed by atoms with Gasteiger partial charge in [-0.05, 0) is 42.6 Å². The van der Waals surface area contributed by atoms with E-state index in [0.29, 0.717) is 6.42 Å². The maximum Gasteiger partial charge on any atom is 0.126 e. The molecule has 3 nitrogen and oxygen atoms in total. The maximum atomic E-state index is 10.4. The van der Waals surface area contributed by atoms with Crippen LogP contribution >= 0.6 is 11.6 Å². The Morgan fingerprint density at radius 2 is 2.32 bits per heavy atom. The van der Waals surface area contributed by atoms with Gasteiger partial charge >= 0.3 is 0 Å². The Bertz CT molecular complexity index is 458. The van der Waals surface area contributed by atoms with Crippen molar-refractivity contribution < 1.29 is 9.84 Å². The average molecular weight is 282 g/mol. The van der Waals surface area contributed by atoms with Crippen LogP contribution in [0.4, 0.5) is 0 Å². The summed E-state index contributed by atoms with van der Waals surface area (Å²) in [6, 6.07) is 4.10. The predicted molar refractivity (Wildman–Crippen MR) is 76.0 cm³/mol. The van der Waals surface area contributed by atoms with Crippen LogP contribution in [-0.2, 0) is 12.8 Å². The summed E-state index contributed by atoms with van der Waals surface area (Å²) in [7, 11) is 0. The van der Waals surface area contributed by atoms with Crippen molar-refractivity contribution in [2.75, 3.05) is 13.2 Å². The van der Waals surface area contributed by atoms with Crippen LogP contribution in [0.2, 0.25) is 5.02 Å². The molecule has 4 heteroatoms. The van der Waals surface area contributed by atoms with Gasteiger partial charge in [0.1, 0.15) is 5.75 Å². The van der Waals surface area contributed by atoms with Crippen LogP contribution < -0.4 is 10.1 Å². The van der Waals surface area contributed by atoms with Crippen molar-refractivity contribution in [2.24, 2.45) is 0 Å². The number of aliphatic hydroxyl groups is 1. The third kappa shape index (κ3) is 2.88. The molecule has 0 amide bonds. The van der Waals surface area contributed by atoms with Crippen LogP contribution in [0.5, 0.6) is 5.75 Å². The van der Waals surface area contributed by atoms with Gasteiger partial charge in [0.05, 0.1) is 12.7 Å². The summed E-state index contributed by atoms with van der Waals surface area (Å²) >= 11 is 6.14. The van der Waals surface area contributed by atoms with E-state index in [-0.39, 0.29) is 12.1 Å². The highest BCUT2D eigenvalue weighted by molar-refractivity contribution is 6.30. The normalized spacial score (nSPS) is 23.8. The molecule has 2 aliphatic heterocycles. The quantitative estimate of drug-likeness (QED) is 0.893. The number of piperidine rings is 1. The fraction of sp³-hybridized carbons (Fsp3) is 0.600. The van der Waals surface area contributed by atoms with Crippen LogP contribution in [-0.4, -0.2) is 30.4 Å². The Balaban J connectivity index is 1.75. The number of aliphatic hydroxyl groups excluding tert-OH is 1. The number of ether oxygens (including phenoxy) is 1. The van der Waals surface area contributed by atoms with E-state index < -0.39 is 0 Å². The van der Waals surface area contributed by atoms with E-state index in [4.69, 9.17) is 16.3 Å². The molecule has 19 heavy (non-hydrogen) atoms. The van der Waals surface area contributed by atoms with Gasteiger partial charge in [-0.2, -0.15) is 0 Å². The molecule has 2 aliphatic rings. The number of hydrogen-bond donors (Lipinski definition) is 2. The number of rotatable bonds is 3. The second-order valence-corrected chi connectivity index (χ2v) is 5.92. The number of benzene rings is 1. The highest BCUT2D eigenvalue weighted by Gasteiger charge is 2.25. The Morgan fingerprint density at radius 1 is 1.42 bits per heavy atom. The van der Waals surface area contributed by atoms with E-state index in [0.717, 1.165) is 42.3 Å². The SMILES string of the molecule is OC(Cc1cc(Cl)cc2c1OCC2)C1CCCCN1. The number of halogens is 1. The average Bonchev–Trinajstić information content (AvgIpc) is 2.88. The second-order valence-electron chi connectivity index (χ2n) is 5.48. The van der Waals surface area contributed by atoms with Gasteiger partial charge in [0.25, 0.3) is 0 Å². The summed E-state index contributed by atoms with van der Waals surface area (Å²) < 4.78 is 5.68. The van der Waals surface area contributed by atoms with Crippen LogP contribution in [0.3, 0.4) is 0 Å². The minimum atomic E-state index is -0.368. The van der Waals surface area contributed by atoms with Gasteiger partial charge < -0.3 is 15.2 Å². The Hall–Kier alpha value is -0.770. The number of nitrogens with one attached hydrogen (secondary N) is 1. The molecule has 1 aromatic carbocycles. The first-order valence-corrected chi connectivity index (χ1v) is 7.47. The summed E-state index contributed by atoms with van der Waals surface area (Å²) in [5, 5.41) is 14.5. The van der Waals surface area contributed by atoms with Crippen LogP contribution in [0, 0.1) is 0 Å². The molecule has 3 rings (SSSR count). The minimum Gasteiger partial charge on any atom is -0.493 e. The van der Waals surface area contributed by atoms with Gasteiger partial charge in [-0.15, -0.1) is 0 Å². The van der Waals surface area contributed by atoms with Crippen LogP contribution in [0.25, 0.3) is 0 Å². The molecule has 2 N–H and O–H groups in total. The van der Waals surface area contributed by atoms with Gasteiger partial charge in [0.15, 0.2) is 0 Å². The maximum absolute atomic E-state index is 10.4. The largest absolute Gasteiger partial charge is 0.493 e. The molecular weight excluding hydrogens is 262 g/mol. The standard InChI is InChI=1S/C15H20ClNO2/c16-12-7-10-4-6-19-15(10)11(8-12)9-14(18)13-3-1-2-5-17-13/h7-8,13-14,17-18H,1-6,9H2. The third-order valence-corrected chi connectivity index (χ3v) is 4.29. The lowest BCUT2D eigenvalue weighted by molar-refractivity contribution is 0.112. The topological polar surface area (TPSA) is 41.5 Å². The van der Waals surface area contributed by atoms with Crippen molar-refractivity contribution >= 4 is 11.6 Å². The van der Waals surface area contributed by atoms with Crippen molar-refractivity contribution in [1.29, 1.82) is 0 Å². The molecule has 0 radical (unpaired) electrons. The van der Waals surface area contributed by atoms with E-state index in [1.54, 1.807) is 0 Å². The summed E-state index contributed by atoms with van der Waals surface area (Å²) in [6.07, 6.45) is 4.61. The first-order chi connectivity index (χ1) is 9.24. The second kappa shape index (κ2) is 5.70. The fourth-order valence-corrected chi connectivity index (χ4v) is 3.34. The zero-order chi connectivity index (χ0) is 13.2. The zero-order valence-corrected chi connectivity index (χ0v) is 11.7. The summed E-state index contributed by atoms with van der Waals surface area (Å²) in [5.74, 6) is 0.944. The predicted octanol–water partition coefficient (Wildman–Crippen LogP) is 2.32. The van der Waals surface area contributed by atoms with Gasteiger partial charge in [0.2, 0.25) is 0 Å². The van der Waals surface area contributed by atoms with E-state index >= 15 is 0 Å². The molecular formula is C15H20ClNO2. The van der Waals surface area contributed by atoms with Crippen molar-refractivity contribution in [3.8, 4) is 5.75 Å². The highest BCUT2D eigenvalue weighted by atomic mass is 35.5. The van der Waals surface area contributed by atoms with E-state index in [9.17, 15) is 5.11 Å². The van der Waals surface area contributed by atoms with Gasteiger partial charge in [-0.3, -0.25) is 0 Å². The smallest absolute Gasteiger partial charge is 0.126 e. The highest BCUT2D eigenvalue weighted by Crippen LogP contribution is 2.34. The van der Waals surface area contributed by atoms with Crippen molar-refractivity contribution in [1.82, 2.24) is 5.32 Å². The fourth-order valence-electron chi connectivity index (χ4n) is 3.07. The summed E-state index contributed by atoms with van der Waals surface area (Å²) in [4.78, 5) is 0. The lowest BCUT2D eigenvalue weighted by Crippen LogP contribution is -2.44. The lowest BCUT2D eigenvalue weighted by Gasteiger charge is -2.28. The van der Waals surface area contributed by atoms with Crippen LogP contribution in [0.15, 0.2) is 12.1 Å². The lowest BCUT2D eigenvalue weighted by atomic mass is 9.94. The summed E-state index contributed by atoms with van der Waals surface area (Å²) in [5.41, 5.74) is 2.21. The Kier molecular flexibility index (Phi) is 3.96. The molecule has 2 unspecified atom stereocenters. The molecule has 104 valence electrons. The molecule has 0 bridgehead atoms. The van der Waals surface area contributed by atoms with E-state index in [1.807, 2.05) is 12.1 Å². The molecule has 0 aromatic heterocycles. The molecule has 1 saturated heterocycles. The van der Waals surface area contributed by atoms with Gasteiger partial charge in [0, 0.05) is 23.9 Å². The summed E-state index contributed by atoms with van der Waals surface area (Å²) in [6.45, 7) is 1.73. The number of hydrogen-bond acceptors (Lipinski definition) is 3. The third-order valence-electron chi connectivity index (χ3n) is 4.07. The molecule has 0 saturated carbocycles. The Morgan fingerprint density at radius 3 is 3.11 bits per heavy atom. The first kappa shape index (κ1) is 13.2. The Labute approximate surface area is 118 Å². The molecule has 2 heterocycles. The molecule has 0 aliphatic carbocycles. The minimum absolute atomic E-state index is 0.199. The van der Waals surface area contributed by atoms with E-state index in [2.05, 4.69) is 5.32 Å².